The average molecular weight is 433 g/mol. The number of ether oxygens (including phenoxy) is 1. The van der Waals surface area contributed by atoms with Crippen LogP contribution in [0.5, 0.6) is 0 Å². The minimum atomic E-state index is -0.0290. The Bertz CT molecular complexity index is 923. The maximum atomic E-state index is 12.8. The van der Waals surface area contributed by atoms with Gasteiger partial charge in [-0.3, -0.25) is 4.79 Å². The number of nitrogens with zero attached hydrogens (tertiary/aromatic N) is 1. The van der Waals surface area contributed by atoms with Crippen LogP contribution in [0.4, 0.5) is 0 Å². The molecule has 0 saturated carbocycles. The van der Waals surface area contributed by atoms with Crippen molar-refractivity contribution >= 4 is 43.4 Å². The SMILES string of the molecule is Cc1cc2c(cc(C(=O)NC[C@@H]3CCCO3)n2Cc2ccc(Br)cc2)s1. The Morgan fingerprint density at radius 3 is 2.88 bits per heavy atom. The second kappa shape index (κ2) is 7.55. The zero-order valence-corrected chi connectivity index (χ0v) is 17.0. The highest BCUT2D eigenvalue weighted by Crippen LogP contribution is 2.29. The number of benzene rings is 1. The fourth-order valence-corrected chi connectivity index (χ4v) is 4.62. The van der Waals surface area contributed by atoms with E-state index in [1.165, 1.54) is 10.4 Å². The molecule has 0 radical (unpaired) electrons. The largest absolute Gasteiger partial charge is 0.376 e. The molecule has 1 N–H and O–H groups in total. The van der Waals surface area contributed by atoms with Crippen LogP contribution in [0.2, 0.25) is 0 Å². The maximum absolute atomic E-state index is 12.8. The molecule has 1 aliphatic heterocycles. The van der Waals surface area contributed by atoms with E-state index in [-0.39, 0.29) is 12.0 Å². The van der Waals surface area contributed by atoms with Gasteiger partial charge < -0.3 is 14.6 Å². The lowest BCUT2D eigenvalue weighted by Crippen LogP contribution is -2.33. The first-order chi connectivity index (χ1) is 12.6. The molecule has 0 spiro atoms. The van der Waals surface area contributed by atoms with Gasteiger partial charge in [0.05, 0.1) is 16.3 Å². The second-order valence-electron chi connectivity index (χ2n) is 6.69. The molecule has 0 aliphatic carbocycles. The van der Waals surface area contributed by atoms with E-state index < -0.39 is 0 Å². The Morgan fingerprint density at radius 2 is 2.15 bits per heavy atom. The van der Waals surface area contributed by atoms with Crippen LogP contribution in [0.25, 0.3) is 10.2 Å². The number of nitrogens with one attached hydrogen (secondary N) is 1. The van der Waals surface area contributed by atoms with Crippen LogP contribution in [0, 0.1) is 6.92 Å². The summed E-state index contributed by atoms with van der Waals surface area (Å²) in [5, 5.41) is 3.05. The van der Waals surface area contributed by atoms with Gasteiger partial charge in [0.2, 0.25) is 0 Å². The Morgan fingerprint density at radius 1 is 1.35 bits per heavy atom. The first kappa shape index (κ1) is 17.8. The summed E-state index contributed by atoms with van der Waals surface area (Å²) in [6.45, 7) is 4.16. The van der Waals surface area contributed by atoms with Gasteiger partial charge >= 0.3 is 0 Å². The number of carbonyl (C=O) groups is 1. The van der Waals surface area contributed by atoms with Crippen molar-refractivity contribution in [1.29, 1.82) is 0 Å². The molecule has 26 heavy (non-hydrogen) atoms. The number of hydrogen-bond donors (Lipinski definition) is 1. The number of aryl methyl sites for hydroxylation is 1. The van der Waals surface area contributed by atoms with Gasteiger partial charge in [-0.05, 0) is 49.6 Å². The van der Waals surface area contributed by atoms with Crippen molar-refractivity contribution in [1.82, 2.24) is 9.88 Å². The molecule has 1 aliphatic rings. The van der Waals surface area contributed by atoms with Crippen LogP contribution in [0.15, 0.2) is 40.9 Å². The fraction of sp³-hybridized carbons (Fsp3) is 0.350. The molecule has 0 unspecified atom stereocenters. The van der Waals surface area contributed by atoms with Gasteiger partial charge in [0, 0.05) is 29.0 Å². The van der Waals surface area contributed by atoms with Gasteiger partial charge in [-0.25, -0.2) is 0 Å². The molecular formula is C20H21BrN2O2S. The van der Waals surface area contributed by atoms with Crippen LogP contribution in [-0.2, 0) is 11.3 Å². The van der Waals surface area contributed by atoms with Crippen molar-refractivity contribution < 1.29 is 9.53 Å². The molecule has 1 atom stereocenters. The van der Waals surface area contributed by atoms with Crippen molar-refractivity contribution in [2.75, 3.05) is 13.2 Å². The van der Waals surface area contributed by atoms with Crippen molar-refractivity contribution in [3.8, 4) is 0 Å². The first-order valence-electron chi connectivity index (χ1n) is 8.84. The summed E-state index contributed by atoms with van der Waals surface area (Å²) in [4.78, 5) is 14.1. The highest BCUT2D eigenvalue weighted by molar-refractivity contribution is 9.10. The lowest BCUT2D eigenvalue weighted by Gasteiger charge is -2.13. The number of rotatable bonds is 5. The molecule has 6 heteroatoms. The van der Waals surface area contributed by atoms with Crippen molar-refractivity contribution in [2.24, 2.45) is 0 Å². The first-order valence-corrected chi connectivity index (χ1v) is 10.4. The number of halogens is 1. The summed E-state index contributed by atoms with van der Waals surface area (Å²) in [5.74, 6) is -0.0290. The Hall–Kier alpha value is -1.63. The quantitative estimate of drug-likeness (QED) is 0.632. The average Bonchev–Trinajstić information content (AvgIpc) is 3.32. The number of carbonyl (C=O) groups excluding carboxylic acids is 1. The van der Waals surface area contributed by atoms with Crippen molar-refractivity contribution in [2.45, 2.75) is 32.4 Å². The minimum Gasteiger partial charge on any atom is -0.376 e. The molecular weight excluding hydrogens is 412 g/mol. The van der Waals surface area contributed by atoms with E-state index >= 15 is 0 Å². The van der Waals surface area contributed by atoms with Gasteiger partial charge in [-0.2, -0.15) is 0 Å². The predicted octanol–water partition coefficient (Wildman–Crippen LogP) is 4.73. The molecule has 0 bridgehead atoms. The van der Waals surface area contributed by atoms with E-state index in [1.54, 1.807) is 11.3 Å². The van der Waals surface area contributed by atoms with Crippen LogP contribution < -0.4 is 5.32 Å². The highest BCUT2D eigenvalue weighted by atomic mass is 79.9. The highest BCUT2D eigenvalue weighted by Gasteiger charge is 2.20. The van der Waals surface area contributed by atoms with E-state index in [0.717, 1.165) is 34.1 Å². The number of fused-ring (bicyclic) bond motifs is 1. The molecule has 4 rings (SSSR count). The standard InChI is InChI=1S/C20H21BrN2O2S/c1-13-9-17-19(26-13)10-18(20(24)22-11-16-3-2-8-25-16)23(17)12-14-4-6-15(21)7-5-14/h4-7,9-10,16H,2-3,8,11-12H2,1H3,(H,22,24)/t16-/m0/s1. The Labute approximate surface area is 165 Å². The molecule has 2 aromatic heterocycles. The van der Waals surface area contributed by atoms with Gasteiger partial charge in [-0.1, -0.05) is 28.1 Å². The predicted molar refractivity (Wildman–Crippen MR) is 109 cm³/mol. The van der Waals surface area contributed by atoms with Crippen LogP contribution >= 0.6 is 27.3 Å². The van der Waals surface area contributed by atoms with E-state index in [9.17, 15) is 4.79 Å². The van der Waals surface area contributed by atoms with Gasteiger partial charge in [-0.15, -0.1) is 11.3 Å². The van der Waals surface area contributed by atoms with Crippen molar-refractivity contribution in [3.05, 3.63) is 57.0 Å². The van der Waals surface area contributed by atoms with Gasteiger partial charge in [0.15, 0.2) is 0 Å². The normalized spacial score (nSPS) is 17.1. The lowest BCUT2D eigenvalue weighted by molar-refractivity contribution is 0.0851. The molecule has 1 aromatic carbocycles. The number of amides is 1. The summed E-state index contributed by atoms with van der Waals surface area (Å²) in [6.07, 6.45) is 2.25. The Balaban J connectivity index is 1.61. The molecule has 1 amide bonds. The molecule has 3 aromatic rings. The summed E-state index contributed by atoms with van der Waals surface area (Å²) in [7, 11) is 0. The van der Waals surface area contributed by atoms with Gasteiger partial charge in [0.25, 0.3) is 5.91 Å². The van der Waals surface area contributed by atoms with Crippen molar-refractivity contribution in [3.63, 3.8) is 0 Å². The molecule has 3 heterocycles. The molecule has 1 saturated heterocycles. The van der Waals surface area contributed by atoms with E-state index in [0.29, 0.717) is 18.8 Å². The molecule has 4 nitrogen and oxygen atoms in total. The molecule has 1 fully saturated rings. The maximum Gasteiger partial charge on any atom is 0.268 e. The summed E-state index contributed by atoms with van der Waals surface area (Å²) >= 11 is 5.20. The van der Waals surface area contributed by atoms with Crippen LogP contribution in [0.1, 0.15) is 33.8 Å². The monoisotopic (exact) mass is 432 g/mol. The molecule has 136 valence electrons. The zero-order chi connectivity index (χ0) is 18.1. The van der Waals surface area contributed by atoms with E-state index in [2.05, 4.69) is 50.9 Å². The Kier molecular flexibility index (Phi) is 5.16. The fourth-order valence-electron chi connectivity index (χ4n) is 3.40. The minimum absolute atomic E-state index is 0.0290. The van der Waals surface area contributed by atoms with Crippen LogP contribution in [0.3, 0.4) is 0 Å². The second-order valence-corrected chi connectivity index (χ2v) is 8.90. The number of thiophene rings is 1. The summed E-state index contributed by atoms with van der Waals surface area (Å²) in [5.41, 5.74) is 3.01. The number of hydrogen-bond acceptors (Lipinski definition) is 3. The van der Waals surface area contributed by atoms with E-state index in [1.807, 2.05) is 18.2 Å². The smallest absolute Gasteiger partial charge is 0.268 e. The topological polar surface area (TPSA) is 43.3 Å². The van der Waals surface area contributed by atoms with E-state index in [4.69, 9.17) is 4.74 Å². The third kappa shape index (κ3) is 3.72. The van der Waals surface area contributed by atoms with Gasteiger partial charge in [0.1, 0.15) is 5.69 Å². The summed E-state index contributed by atoms with van der Waals surface area (Å²) < 4.78 is 9.94. The summed E-state index contributed by atoms with van der Waals surface area (Å²) in [6, 6.07) is 12.4. The third-order valence-electron chi connectivity index (χ3n) is 4.71. The van der Waals surface area contributed by atoms with Crippen LogP contribution in [-0.4, -0.2) is 29.7 Å². The zero-order valence-electron chi connectivity index (χ0n) is 14.6. The number of aromatic nitrogens is 1. The lowest BCUT2D eigenvalue weighted by atomic mass is 10.2. The third-order valence-corrected chi connectivity index (χ3v) is 6.23.